The Labute approximate surface area is 325 Å². The number of amides is 8. The van der Waals surface area contributed by atoms with Crippen LogP contribution in [-0.4, -0.2) is 149 Å². The number of nitrogens with zero attached hydrogens (tertiary/aromatic N) is 1. The van der Waals surface area contributed by atoms with Crippen LogP contribution in [0.3, 0.4) is 0 Å². The molecule has 1 aliphatic rings. The van der Waals surface area contributed by atoms with Gasteiger partial charge in [0.2, 0.25) is 23.6 Å². The predicted octanol–water partition coefficient (Wildman–Crippen LogP) is -1.68. The molecule has 0 aromatic heterocycles. The summed E-state index contributed by atoms with van der Waals surface area (Å²) in [5, 5.41) is 22.1. The van der Waals surface area contributed by atoms with E-state index in [1.54, 1.807) is 38.1 Å². The first-order chi connectivity index (χ1) is 26.9. The fourth-order valence-corrected chi connectivity index (χ4v) is 4.74. The number of nitrogens with two attached hydrogens (primary N) is 1. The van der Waals surface area contributed by atoms with Gasteiger partial charge in [-0.3, -0.25) is 33.7 Å². The molecule has 1 aromatic rings. The smallest absolute Gasteiger partial charge is 0.312 e. The van der Waals surface area contributed by atoms with Gasteiger partial charge in [0.15, 0.2) is 0 Å². The molecule has 8 amide bonds. The summed E-state index contributed by atoms with van der Waals surface area (Å²) in [4.78, 5) is 85.8. The minimum absolute atomic E-state index is 0.0200. The van der Waals surface area contributed by atoms with Crippen LogP contribution in [0.2, 0.25) is 0 Å². The number of ether oxygens (including phenoxy) is 5. The first-order valence-corrected chi connectivity index (χ1v) is 18.2. The molecule has 0 spiro atoms. The number of carbonyl (C=O) groups excluding carboxylic acids is 7. The van der Waals surface area contributed by atoms with E-state index in [-0.39, 0.29) is 77.3 Å². The summed E-state index contributed by atoms with van der Waals surface area (Å²) in [6, 6.07) is 3.32. The Morgan fingerprint density at radius 3 is 1.75 bits per heavy atom. The van der Waals surface area contributed by atoms with Gasteiger partial charge in [-0.1, -0.05) is 26.0 Å². The molecule has 0 bridgehead atoms. The molecule has 1 aromatic carbocycles. The minimum atomic E-state index is -1.21. The molecule has 20 nitrogen and oxygen atoms in total. The van der Waals surface area contributed by atoms with Crippen molar-refractivity contribution in [1.29, 1.82) is 0 Å². The Bertz CT molecular complexity index is 1420. The average molecular weight is 794 g/mol. The number of benzene rings is 1. The number of aliphatic hydroxyl groups is 1. The third-order valence-electron chi connectivity index (χ3n) is 7.78. The van der Waals surface area contributed by atoms with Crippen LogP contribution in [0.15, 0.2) is 36.4 Å². The van der Waals surface area contributed by atoms with Crippen LogP contribution in [0.4, 0.5) is 10.5 Å². The first kappa shape index (κ1) is 47.2. The summed E-state index contributed by atoms with van der Waals surface area (Å²) in [5.41, 5.74) is 6.21. The highest BCUT2D eigenvalue weighted by Gasteiger charge is 2.29. The summed E-state index contributed by atoms with van der Waals surface area (Å²) in [7, 11) is 0. The number of aliphatic hydroxyl groups excluding tert-OH is 1. The monoisotopic (exact) mass is 793 g/mol. The van der Waals surface area contributed by atoms with Crippen molar-refractivity contribution in [1.82, 2.24) is 26.2 Å². The normalized spacial score (nSPS) is 13.4. The maximum absolute atomic E-state index is 13.1. The number of rotatable bonds is 30. The number of urea groups is 1. The number of nitrogens with one attached hydrogen (secondary N) is 5. The van der Waals surface area contributed by atoms with E-state index in [1.807, 2.05) is 0 Å². The lowest BCUT2D eigenvalue weighted by molar-refractivity contribution is -0.137. The fraction of sp³-hybridized carbons (Fsp3) is 0.583. The molecule has 0 aliphatic carbocycles. The van der Waals surface area contributed by atoms with E-state index >= 15 is 0 Å². The highest BCUT2D eigenvalue weighted by atomic mass is 16.6. The zero-order valence-corrected chi connectivity index (χ0v) is 31.9. The second kappa shape index (κ2) is 27.6. The highest BCUT2D eigenvalue weighted by molar-refractivity contribution is 6.13. The van der Waals surface area contributed by atoms with Crippen molar-refractivity contribution in [2.24, 2.45) is 11.7 Å². The SMILES string of the molecule is CC(C)[C@H](NC(=O)CCOCCOCCOCCOCCOCCNC(=O)CCN1C(=O)C=CC1=O)C(=O)N[C@@H](CNC(N)=O)C(=O)Nc1ccc(CO)cc1. The summed E-state index contributed by atoms with van der Waals surface area (Å²) in [6.07, 6.45) is 2.34. The summed E-state index contributed by atoms with van der Waals surface area (Å²) >= 11 is 0. The van der Waals surface area contributed by atoms with Gasteiger partial charge in [0.1, 0.15) is 12.1 Å². The van der Waals surface area contributed by atoms with Gasteiger partial charge in [0, 0.05) is 50.3 Å². The molecule has 1 heterocycles. The summed E-state index contributed by atoms with van der Waals surface area (Å²) in [6.45, 7) is 6.27. The Balaban J connectivity index is 1.48. The van der Waals surface area contributed by atoms with Gasteiger partial charge in [-0.05, 0) is 23.6 Å². The average Bonchev–Trinajstić information content (AvgIpc) is 3.49. The maximum atomic E-state index is 13.1. The van der Waals surface area contributed by atoms with Crippen molar-refractivity contribution in [3.63, 3.8) is 0 Å². The fourth-order valence-electron chi connectivity index (χ4n) is 4.74. The van der Waals surface area contributed by atoms with Crippen LogP contribution in [0.25, 0.3) is 0 Å². The lowest BCUT2D eigenvalue weighted by atomic mass is 10.0. The van der Waals surface area contributed by atoms with Gasteiger partial charge in [-0.25, -0.2) is 4.79 Å². The molecular weight excluding hydrogens is 738 g/mol. The van der Waals surface area contributed by atoms with Crippen LogP contribution in [0.5, 0.6) is 0 Å². The Kier molecular flexibility index (Phi) is 23.2. The van der Waals surface area contributed by atoms with E-state index in [4.69, 9.17) is 29.4 Å². The second-order valence-electron chi connectivity index (χ2n) is 12.5. The molecule has 1 aliphatic heterocycles. The predicted molar refractivity (Wildman–Crippen MR) is 199 cm³/mol. The highest BCUT2D eigenvalue weighted by Crippen LogP contribution is 2.11. The Morgan fingerprint density at radius 1 is 0.696 bits per heavy atom. The molecule has 0 fully saturated rings. The minimum Gasteiger partial charge on any atom is -0.392 e. The Hall–Kier alpha value is -4.99. The van der Waals surface area contributed by atoms with E-state index in [9.17, 15) is 38.7 Å². The molecule has 2 atom stereocenters. The van der Waals surface area contributed by atoms with Crippen LogP contribution in [0.1, 0.15) is 32.3 Å². The second-order valence-corrected chi connectivity index (χ2v) is 12.5. The maximum Gasteiger partial charge on any atom is 0.312 e. The quantitative estimate of drug-likeness (QED) is 0.0339. The molecule has 0 saturated carbocycles. The van der Waals surface area contributed by atoms with E-state index < -0.39 is 47.7 Å². The first-order valence-electron chi connectivity index (χ1n) is 18.2. The lowest BCUT2D eigenvalue weighted by Crippen LogP contribution is -2.57. The van der Waals surface area contributed by atoms with Crippen LogP contribution in [0, 0.1) is 5.92 Å². The molecule has 8 N–H and O–H groups in total. The van der Waals surface area contributed by atoms with E-state index in [2.05, 4.69) is 26.6 Å². The lowest BCUT2D eigenvalue weighted by Gasteiger charge is -2.25. The molecule has 20 heteroatoms. The molecule has 0 unspecified atom stereocenters. The van der Waals surface area contributed by atoms with Crippen molar-refractivity contribution in [3.8, 4) is 0 Å². The third-order valence-corrected chi connectivity index (χ3v) is 7.78. The summed E-state index contributed by atoms with van der Waals surface area (Å²) in [5.74, 6) is -3.17. The molecular formula is C36H55N7O13. The van der Waals surface area contributed by atoms with Gasteiger partial charge in [0.25, 0.3) is 11.8 Å². The van der Waals surface area contributed by atoms with Gasteiger partial charge in [0.05, 0.1) is 72.7 Å². The van der Waals surface area contributed by atoms with Crippen molar-refractivity contribution < 1.29 is 62.4 Å². The molecule has 0 radical (unpaired) electrons. The molecule has 312 valence electrons. The molecule has 56 heavy (non-hydrogen) atoms. The van der Waals surface area contributed by atoms with Crippen LogP contribution < -0.4 is 32.3 Å². The van der Waals surface area contributed by atoms with Gasteiger partial charge < -0.3 is 61.1 Å². The van der Waals surface area contributed by atoms with E-state index in [0.29, 0.717) is 50.9 Å². The number of imide groups is 1. The van der Waals surface area contributed by atoms with Crippen LogP contribution in [-0.2, 0) is 59.1 Å². The largest absolute Gasteiger partial charge is 0.392 e. The number of primary amides is 1. The molecule has 2 rings (SSSR count). The summed E-state index contributed by atoms with van der Waals surface area (Å²) < 4.78 is 27.2. The van der Waals surface area contributed by atoms with E-state index in [0.717, 1.165) is 4.90 Å². The number of carbonyl (C=O) groups is 7. The van der Waals surface area contributed by atoms with Crippen molar-refractivity contribution >= 4 is 47.2 Å². The Morgan fingerprint density at radius 2 is 1.23 bits per heavy atom. The number of hydrogen-bond donors (Lipinski definition) is 7. The van der Waals surface area contributed by atoms with Crippen molar-refractivity contribution in [3.05, 3.63) is 42.0 Å². The van der Waals surface area contributed by atoms with E-state index in [1.165, 1.54) is 12.2 Å². The zero-order valence-electron chi connectivity index (χ0n) is 31.9. The van der Waals surface area contributed by atoms with Gasteiger partial charge in [-0.15, -0.1) is 0 Å². The number of anilines is 1. The van der Waals surface area contributed by atoms with Crippen molar-refractivity contribution in [2.75, 3.05) is 91.0 Å². The van der Waals surface area contributed by atoms with Crippen molar-refractivity contribution in [2.45, 2.75) is 45.4 Å². The number of hydrogen-bond acceptors (Lipinski definition) is 13. The zero-order chi connectivity index (χ0) is 41.1. The third kappa shape index (κ3) is 20.1. The standard InChI is InChI=1S/C36H55N7O13/c1-25(2)33(35(50)41-28(23-39-36(37)51)34(49)40-27-5-3-26(24-44)4-6-27)42-30(46)10-13-52-15-17-54-19-21-56-22-20-55-18-16-53-14-11-38-29(45)9-12-43-31(47)7-8-32(43)48/h3-8,25,28,33,44H,9-24H2,1-2H3,(H,38,45)(H,40,49)(H,41,50)(H,42,46)(H3,37,39,51)/t28-,33-/m0/s1. The van der Waals surface area contributed by atoms with Gasteiger partial charge in [-0.2, -0.15) is 0 Å². The van der Waals surface area contributed by atoms with Crippen LogP contribution >= 0.6 is 0 Å². The molecule has 0 saturated heterocycles. The van der Waals surface area contributed by atoms with Gasteiger partial charge >= 0.3 is 6.03 Å². The topological polar surface area (TPSA) is 275 Å².